The molecule has 128 valence electrons. The number of nitrogens with zero attached hydrogens (tertiary/aromatic N) is 1. The maximum atomic E-state index is 5.87. The van der Waals surface area contributed by atoms with Crippen LogP contribution in [-0.2, 0) is 16.0 Å². The molecule has 5 nitrogen and oxygen atoms in total. The Morgan fingerprint density at radius 2 is 2.17 bits per heavy atom. The molecule has 1 fully saturated rings. The van der Waals surface area contributed by atoms with Crippen LogP contribution in [0.2, 0.25) is 0 Å². The monoisotopic (exact) mass is 328 g/mol. The van der Waals surface area contributed by atoms with Crippen LogP contribution in [0.5, 0.6) is 5.88 Å². The van der Waals surface area contributed by atoms with Gasteiger partial charge in [-0.05, 0) is 17.2 Å². The maximum absolute atomic E-state index is 5.87. The first-order valence-corrected chi connectivity index (χ1v) is 8.32. The van der Waals surface area contributed by atoms with E-state index in [9.17, 15) is 0 Å². The topological polar surface area (TPSA) is 52.6 Å². The standard InChI is InChI=1S/C19H24N2O3/c1-22-14-18(16-5-3-2-4-6-16)21-12-15-7-9-20-19(11-15)24-17-8-10-23-13-17/h2-7,9,11,17-18,21H,8,10,12-14H2,1H3/t17-,18-/m1/s1. The lowest BCUT2D eigenvalue weighted by atomic mass is 10.1. The van der Waals surface area contributed by atoms with Crippen LogP contribution in [0.3, 0.4) is 0 Å². The first-order chi connectivity index (χ1) is 11.8. The van der Waals surface area contributed by atoms with Gasteiger partial charge in [0, 0.05) is 32.3 Å². The summed E-state index contributed by atoms with van der Waals surface area (Å²) in [5.41, 5.74) is 2.35. The van der Waals surface area contributed by atoms with E-state index in [0.29, 0.717) is 19.1 Å². The number of ether oxygens (including phenoxy) is 3. The molecule has 1 aliphatic heterocycles. The highest BCUT2D eigenvalue weighted by molar-refractivity contribution is 5.22. The summed E-state index contributed by atoms with van der Waals surface area (Å²) >= 11 is 0. The Morgan fingerprint density at radius 3 is 2.92 bits per heavy atom. The van der Waals surface area contributed by atoms with Crippen LogP contribution >= 0.6 is 0 Å². The number of rotatable bonds is 8. The van der Waals surface area contributed by atoms with Crippen LogP contribution in [0.25, 0.3) is 0 Å². The summed E-state index contributed by atoms with van der Waals surface area (Å²) in [6.45, 7) is 2.76. The van der Waals surface area contributed by atoms with Crippen molar-refractivity contribution in [1.29, 1.82) is 0 Å². The molecule has 1 aromatic heterocycles. The van der Waals surface area contributed by atoms with E-state index in [1.807, 2.05) is 30.3 Å². The van der Waals surface area contributed by atoms with E-state index in [1.54, 1.807) is 13.3 Å². The Hall–Kier alpha value is -1.95. The van der Waals surface area contributed by atoms with Crippen LogP contribution in [-0.4, -0.2) is 38.0 Å². The van der Waals surface area contributed by atoms with E-state index >= 15 is 0 Å². The fraction of sp³-hybridized carbons (Fsp3) is 0.421. The van der Waals surface area contributed by atoms with Crippen molar-refractivity contribution in [3.63, 3.8) is 0 Å². The average Bonchev–Trinajstić information content (AvgIpc) is 3.13. The second-order valence-corrected chi connectivity index (χ2v) is 5.91. The normalized spacial score (nSPS) is 18.5. The van der Waals surface area contributed by atoms with Gasteiger partial charge in [-0.3, -0.25) is 0 Å². The van der Waals surface area contributed by atoms with Crippen LogP contribution in [0, 0.1) is 0 Å². The van der Waals surface area contributed by atoms with Crippen LogP contribution < -0.4 is 10.1 Å². The van der Waals surface area contributed by atoms with Crippen LogP contribution in [0.4, 0.5) is 0 Å². The van der Waals surface area contributed by atoms with Crippen LogP contribution in [0.1, 0.15) is 23.6 Å². The molecule has 0 radical (unpaired) electrons. The van der Waals surface area contributed by atoms with Gasteiger partial charge in [0.05, 0.1) is 25.9 Å². The molecule has 1 saturated heterocycles. The second-order valence-electron chi connectivity index (χ2n) is 5.91. The molecule has 0 unspecified atom stereocenters. The van der Waals surface area contributed by atoms with E-state index in [-0.39, 0.29) is 12.1 Å². The third-order valence-corrected chi connectivity index (χ3v) is 4.06. The summed E-state index contributed by atoms with van der Waals surface area (Å²) in [7, 11) is 1.72. The fourth-order valence-corrected chi connectivity index (χ4v) is 2.77. The molecule has 2 aromatic rings. The molecule has 1 aliphatic rings. The van der Waals surface area contributed by atoms with E-state index in [1.165, 1.54) is 5.56 Å². The Labute approximate surface area is 143 Å². The number of hydrogen-bond donors (Lipinski definition) is 1. The molecule has 0 spiro atoms. The molecule has 3 rings (SSSR count). The summed E-state index contributed by atoms with van der Waals surface area (Å²) in [6.07, 6.45) is 2.83. The van der Waals surface area contributed by atoms with Gasteiger partial charge in [0.25, 0.3) is 0 Å². The second kappa shape index (κ2) is 8.78. The van der Waals surface area contributed by atoms with Crippen molar-refractivity contribution in [3.05, 3.63) is 59.8 Å². The summed E-state index contributed by atoms with van der Waals surface area (Å²) in [5, 5.41) is 3.54. The van der Waals surface area contributed by atoms with Crippen molar-refractivity contribution >= 4 is 0 Å². The number of hydrogen-bond acceptors (Lipinski definition) is 5. The molecule has 24 heavy (non-hydrogen) atoms. The van der Waals surface area contributed by atoms with E-state index in [4.69, 9.17) is 14.2 Å². The SMILES string of the molecule is COC[C@@H](NCc1ccnc(O[C@@H]2CCOC2)c1)c1ccccc1. The highest BCUT2D eigenvalue weighted by Crippen LogP contribution is 2.17. The molecule has 0 bridgehead atoms. The van der Waals surface area contributed by atoms with Gasteiger partial charge in [0.1, 0.15) is 6.10 Å². The zero-order chi connectivity index (χ0) is 16.6. The fourth-order valence-electron chi connectivity index (χ4n) is 2.77. The highest BCUT2D eigenvalue weighted by Gasteiger charge is 2.18. The van der Waals surface area contributed by atoms with Gasteiger partial charge < -0.3 is 19.5 Å². The molecule has 0 saturated carbocycles. The Bertz CT molecular complexity index is 615. The number of benzene rings is 1. The molecule has 1 aromatic carbocycles. The average molecular weight is 328 g/mol. The predicted molar refractivity (Wildman–Crippen MR) is 92.0 cm³/mol. The lowest BCUT2D eigenvalue weighted by Crippen LogP contribution is -2.25. The van der Waals surface area contributed by atoms with Gasteiger partial charge in [0.15, 0.2) is 0 Å². The minimum atomic E-state index is 0.117. The number of aromatic nitrogens is 1. The van der Waals surface area contributed by atoms with Gasteiger partial charge >= 0.3 is 0 Å². The van der Waals surface area contributed by atoms with Crippen molar-refractivity contribution in [1.82, 2.24) is 10.3 Å². The molecule has 5 heteroatoms. The molecule has 1 N–H and O–H groups in total. The third-order valence-electron chi connectivity index (χ3n) is 4.06. The first kappa shape index (κ1) is 16.9. The summed E-state index contributed by atoms with van der Waals surface area (Å²) in [6, 6.07) is 14.5. The van der Waals surface area contributed by atoms with Gasteiger partial charge in [-0.25, -0.2) is 4.98 Å². The largest absolute Gasteiger partial charge is 0.472 e. The molecule has 2 atom stereocenters. The third kappa shape index (κ3) is 4.77. The van der Waals surface area contributed by atoms with Crippen molar-refractivity contribution in [2.45, 2.75) is 25.1 Å². The quantitative estimate of drug-likeness (QED) is 0.807. The number of nitrogens with one attached hydrogen (secondary N) is 1. The van der Waals surface area contributed by atoms with E-state index in [2.05, 4.69) is 22.4 Å². The molecular formula is C19H24N2O3. The lowest BCUT2D eigenvalue weighted by Gasteiger charge is -2.19. The Morgan fingerprint density at radius 1 is 1.29 bits per heavy atom. The van der Waals surface area contributed by atoms with Crippen LogP contribution in [0.15, 0.2) is 48.7 Å². The molecule has 0 amide bonds. The number of pyridine rings is 1. The molecular weight excluding hydrogens is 304 g/mol. The minimum absolute atomic E-state index is 0.117. The smallest absolute Gasteiger partial charge is 0.213 e. The predicted octanol–water partition coefficient (Wildman–Crippen LogP) is 2.73. The summed E-state index contributed by atoms with van der Waals surface area (Å²) < 4.78 is 16.5. The van der Waals surface area contributed by atoms with Crippen molar-refractivity contribution in [2.24, 2.45) is 0 Å². The summed E-state index contributed by atoms with van der Waals surface area (Å²) in [4.78, 5) is 4.29. The van der Waals surface area contributed by atoms with Gasteiger partial charge in [-0.15, -0.1) is 0 Å². The minimum Gasteiger partial charge on any atom is -0.472 e. The molecule has 2 heterocycles. The zero-order valence-electron chi connectivity index (χ0n) is 14.0. The van der Waals surface area contributed by atoms with Gasteiger partial charge in [0.2, 0.25) is 5.88 Å². The van der Waals surface area contributed by atoms with Crippen molar-refractivity contribution in [3.8, 4) is 5.88 Å². The number of methoxy groups -OCH3 is 1. The highest BCUT2D eigenvalue weighted by atomic mass is 16.5. The Balaban J connectivity index is 1.60. The van der Waals surface area contributed by atoms with Crippen molar-refractivity contribution in [2.75, 3.05) is 26.9 Å². The van der Waals surface area contributed by atoms with Gasteiger partial charge in [-0.2, -0.15) is 0 Å². The van der Waals surface area contributed by atoms with Gasteiger partial charge in [-0.1, -0.05) is 30.3 Å². The summed E-state index contributed by atoms with van der Waals surface area (Å²) in [5.74, 6) is 0.660. The molecule has 0 aliphatic carbocycles. The maximum Gasteiger partial charge on any atom is 0.213 e. The first-order valence-electron chi connectivity index (χ1n) is 8.32. The zero-order valence-corrected chi connectivity index (χ0v) is 14.0. The Kier molecular flexibility index (Phi) is 6.18. The van der Waals surface area contributed by atoms with E-state index < -0.39 is 0 Å². The lowest BCUT2D eigenvalue weighted by molar-refractivity contribution is 0.138. The van der Waals surface area contributed by atoms with Crippen molar-refractivity contribution < 1.29 is 14.2 Å². The van der Waals surface area contributed by atoms with E-state index in [0.717, 1.165) is 25.1 Å².